The molecule has 1 aromatic rings. The third kappa shape index (κ3) is 3.68. The lowest BCUT2D eigenvalue weighted by Crippen LogP contribution is -2.43. The Morgan fingerprint density at radius 3 is 2.37 bits per heavy atom. The Morgan fingerprint density at radius 1 is 1.21 bits per heavy atom. The molecule has 19 heavy (non-hydrogen) atoms. The maximum absolute atomic E-state index is 12.1. The Balaban J connectivity index is 2.08. The summed E-state index contributed by atoms with van der Waals surface area (Å²) in [6.07, 6.45) is 0. The van der Waals surface area contributed by atoms with Gasteiger partial charge in [0, 0.05) is 18.1 Å². The highest BCUT2D eigenvalue weighted by atomic mass is 35.5. The summed E-state index contributed by atoms with van der Waals surface area (Å²) in [6.45, 7) is 1.78. The van der Waals surface area contributed by atoms with Crippen LogP contribution in [0.25, 0.3) is 0 Å². The lowest BCUT2D eigenvalue weighted by atomic mass is 10.4. The fraction of sp³-hybridized carbons (Fsp3) is 0.417. The minimum Gasteiger partial charge on any atom is -0.378 e. The van der Waals surface area contributed by atoms with Crippen LogP contribution < -0.4 is 0 Å². The van der Waals surface area contributed by atoms with Crippen LogP contribution in [-0.4, -0.2) is 51.3 Å². The number of morpholine rings is 1. The number of ether oxygens (including phenoxy) is 1. The number of nitrogens with zero attached hydrogens (tertiary/aromatic N) is 1. The number of carbonyl (C=O) groups excluding carboxylic acids is 1. The van der Waals surface area contributed by atoms with E-state index in [0.717, 1.165) is 0 Å². The van der Waals surface area contributed by atoms with Gasteiger partial charge >= 0.3 is 0 Å². The van der Waals surface area contributed by atoms with Crippen molar-refractivity contribution in [2.75, 3.05) is 32.1 Å². The van der Waals surface area contributed by atoms with E-state index in [1.807, 2.05) is 0 Å². The summed E-state index contributed by atoms with van der Waals surface area (Å²) in [7, 11) is -3.62. The molecule has 1 aromatic carbocycles. The van der Waals surface area contributed by atoms with Gasteiger partial charge in [-0.2, -0.15) is 0 Å². The first-order chi connectivity index (χ1) is 8.99. The van der Waals surface area contributed by atoms with Gasteiger partial charge in [0.2, 0.25) is 5.91 Å². The summed E-state index contributed by atoms with van der Waals surface area (Å²) in [5.41, 5.74) is 0. The maximum atomic E-state index is 12.1. The van der Waals surface area contributed by atoms with E-state index in [4.69, 9.17) is 16.3 Å². The number of hydrogen-bond acceptors (Lipinski definition) is 4. The van der Waals surface area contributed by atoms with Crippen molar-refractivity contribution in [1.82, 2.24) is 4.90 Å². The second kappa shape index (κ2) is 5.90. The van der Waals surface area contributed by atoms with E-state index in [9.17, 15) is 13.2 Å². The standard InChI is InChI=1S/C12H14ClNO4S/c13-10-1-3-11(4-2-10)19(16,17)9-12(15)14-5-7-18-8-6-14/h1-4H,5-9H2. The highest BCUT2D eigenvalue weighted by molar-refractivity contribution is 7.92. The molecule has 1 saturated heterocycles. The van der Waals surface area contributed by atoms with Gasteiger partial charge in [-0.05, 0) is 24.3 Å². The Morgan fingerprint density at radius 2 is 1.79 bits per heavy atom. The number of sulfone groups is 1. The van der Waals surface area contributed by atoms with Crippen molar-refractivity contribution in [2.45, 2.75) is 4.90 Å². The van der Waals surface area contributed by atoms with Crippen LogP contribution in [0.15, 0.2) is 29.2 Å². The number of amides is 1. The van der Waals surface area contributed by atoms with Crippen molar-refractivity contribution in [2.24, 2.45) is 0 Å². The van der Waals surface area contributed by atoms with Gasteiger partial charge in [-0.15, -0.1) is 0 Å². The van der Waals surface area contributed by atoms with E-state index in [1.165, 1.54) is 29.2 Å². The zero-order valence-electron chi connectivity index (χ0n) is 10.2. The van der Waals surface area contributed by atoms with Crippen molar-refractivity contribution in [3.8, 4) is 0 Å². The second-order valence-corrected chi connectivity index (χ2v) is 6.63. The lowest BCUT2D eigenvalue weighted by molar-refractivity contribution is -0.132. The van der Waals surface area contributed by atoms with Gasteiger partial charge in [-0.3, -0.25) is 4.79 Å². The number of halogens is 1. The Labute approximate surface area is 117 Å². The molecular weight excluding hydrogens is 290 g/mol. The molecule has 0 spiro atoms. The Kier molecular flexibility index (Phi) is 4.44. The van der Waals surface area contributed by atoms with Crippen molar-refractivity contribution >= 4 is 27.3 Å². The first-order valence-corrected chi connectivity index (χ1v) is 7.86. The molecule has 0 bridgehead atoms. The molecule has 1 aliphatic heterocycles. The van der Waals surface area contributed by atoms with Crippen molar-refractivity contribution in [3.63, 3.8) is 0 Å². The van der Waals surface area contributed by atoms with Gasteiger partial charge in [-0.1, -0.05) is 11.6 Å². The molecule has 2 rings (SSSR count). The number of carbonyl (C=O) groups is 1. The molecule has 5 nitrogen and oxygen atoms in total. The van der Waals surface area contributed by atoms with Crippen LogP contribution in [0.3, 0.4) is 0 Å². The monoisotopic (exact) mass is 303 g/mol. The molecule has 1 heterocycles. The largest absolute Gasteiger partial charge is 0.378 e. The minimum absolute atomic E-state index is 0.110. The molecule has 0 aromatic heterocycles. The van der Waals surface area contributed by atoms with Gasteiger partial charge in [0.15, 0.2) is 9.84 Å². The van der Waals surface area contributed by atoms with Gasteiger partial charge in [0.1, 0.15) is 5.75 Å². The Hall–Kier alpha value is -1.11. The van der Waals surface area contributed by atoms with Crippen molar-refractivity contribution in [1.29, 1.82) is 0 Å². The second-order valence-electron chi connectivity index (χ2n) is 4.21. The first-order valence-electron chi connectivity index (χ1n) is 5.83. The topological polar surface area (TPSA) is 63.7 Å². The zero-order chi connectivity index (χ0) is 13.9. The van der Waals surface area contributed by atoms with Crippen LogP contribution in [0.5, 0.6) is 0 Å². The van der Waals surface area contributed by atoms with Gasteiger partial charge in [-0.25, -0.2) is 8.42 Å². The third-order valence-electron chi connectivity index (χ3n) is 2.85. The molecule has 0 saturated carbocycles. The average molecular weight is 304 g/mol. The highest BCUT2D eigenvalue weighted by Crippen LogP contribution is 2.16. The molecule has 104 valence electrons. The molecular formula is C12H14ClNO4S. The fourth-order valence-electron chi connectivity index (χ4n) is 1.79. The smallest absolute Gasteiger partial charge is 0.238 e. The van der Waals surface area contributed by atoms with Crippen molar-refractivity contribution in [3.05, 3.63) is 29.3 Å². The molecule has 0 unspecified atom stereocenters. The molecule has 0 radical (unpaired) electrons. The SMILES string of the molecule is O=C(CS(=O)(=O)c1ccc(Cl)cc1)N1CCOCC1. The summed E-state index contributed by atoms with van der Waals surface area (Å²) in [4.78, 5) is 13.5. The van der Waals surface area contributed by atoms with Crippen LogP contribution in [0.2, 0.25) is 5.02 Å². The molecule has 1 fully saturated rings. The van der Waals surface area contributed by atoms with Crippen LogP contribution in [-0.2, 0) is 19.4 Å². The van der Waals surface area contributed by atoms with E-state index in [0.29, 0.717) is 31.3 Å². The van der Waals surface area contributed by atoms with Crippen LogP contribution in [0, 0.1) is 0 Å². The van der Waals surface area contributed by atoms with Gasteiger partial charge in [0.05, 0.1) is 18.1 Å². The molecule has 0 aliphatic carbocycles. The molecule has 7 heteroatoms. The predicted molar refractivity (Wildman–Crippen MR) is 70.9 cm³/mol. The molecule has 0 atom stereocenters. The van der Waals surface area contributed by atoms with Crippen molar-refractivity contribution < 1.29 is 17.9 Å². The summed E-state index contributed by atoms with van der Waals surface area (Å²) in [5.74, 6) is -0.910. The molecule has 0 N–H and O–H groups in total. The van der Waals surface area contributed by atoms with E-state index < -0.39 is 21.5 Å². The average Bonchev–Trinajstić information content (AvgIpc) is 2.40. The number of rotatable bonds is 3. The summed E-state index contributed by atoms with van der Waals surface area (Å²) >= 11 is 5.71. The van der Waals surface area contributed by atoms with Crippen LogP contribution >= 0.6 is 11.6 Å². The van der Waals surface area contributed by atoms with E-state index in [1.54, 1.807) is 0 Å². The molecule has 1 amide bonds. The first kappa shape index (κ1) is 14.3. The number of hydrogen-bond donors (Lipinski definition) is 0. The van der Waals surface area contributed by atoms with Gasteiger partial charge < -0.3 is 9.64 Å². The third-order valence-corrected chi connectivity index (χ3v) is 4.72. The van der Waals surface area contributed by atoms with E-state index in [-0.39, 0.29) is 4.90 Å². The summed E-state index contributed by atoms with van der Waals surface area (Å²) in [5, 5.41) is 0.457. The zero-order valence-corrected chi connectivity index (χ0v) is 11.8. The van der Waals surface area contributed by atoms with E-state index >= 15 is 0 Å². The fourth-order valence-corrected chi connectivity index (χ4v) is 3.14. The quantitative estimate of drug-likeness (QED) is 0.835. The maximum Gasteiger partial charge on any atom is 0.238 e. The highest BCUT2D eigenvalue weighted by Gasteiger charge is 2.24. The van der Waals surface area contributed by atoms with Crippen LogP contribution in [0.4, 0.5) is 0 Å². The summed E-state index contributed by atoms with van der Waals surface area (Å²) in [6, 6.07) is 5.80. The lowest BCUT2D eigenvalue weighted by Gasteiger charge is -2.26. The predicted octanol–water partition coefficient (Wildman–Crippen LogP) is 0.973. The van der Waals surface area contributed by atoms with Gasteiger partial charge in [0.25, 0.3) is 0 Å². The van der Waals surface area contributed by atoms with Crippen LogP contribution in [0.1, 0.15) is 0 Å². The normalized spacial score (nSPS) is 16.4. The summed E-state index contributed by atoms with van der Waals surface area (Å²) < 4.78 is 29.3. The van der Waals surface area contributed by atoms with E-state index in [2.05, 4.69) is 0 Å². The molecule has 1 aliphatic rings. The number of benzene rings is 1. The minimum atomic E-state index is -3.62. The Bertz CT molecular complexity index is 550.